The SMILES string of the molecule is CC(C)(C)OC(=O)NCC1CCC(C(=O)N[C@@H](Cc2cccc(-c3cnc(N4CCN(C(=O)OC(C)(C)C)CC4)nc3)c2)C(=O)Nc2ccc3[nH]c(=O)[nH]c3c2)CC1. The second-order valence-corrected chi connectivity index (χ2v) is 17.1. The van der Waals surface area contributed by atoms with Crippen LogP contribution in [-0.4, -0.2) is 98.8 Å². The van der Waals surface area contributed by atoms with E-state index in [1.54, 1.807) is 35.5 Å². The summed E-state index contributed by atoms with van der Waals surface area (Å²) in [6, 6.07) is 11.9. The molecule has 6 rings (SSSR count). The van der Waals surface area contributed by atoms with Crippen molar-refractivity contribution in [2.24, 2.45) is 11.8 Å². The number of imidazole rings is 1. The largest absolute Gasteiger partial charge is 0.444 e. The Morgan fingerprint density at radius 3 is 2.17 bits per heavy atom. The highest BCUT2D eigenvalue weighted by Gasteiger charge is 2.31. The van der Waals surface area contributed by atoms with Gasteiger partial charge in [-0.15, -0.1) is 0 Å². The van der Waals surface area contributed by atoms with Gasteiger partial charge < -0.3 is 45.2 Å². The van der Waals surface area contributed by atoms with Crippen molar-refractivity contribution in [2.45, 2.75) is 90.9 Å². The van der Waals surface area contributed by atoms with Gasteiger partial charge in [0.1, 0.15) is 17.2 Å². The fourth-order valence-electron chi connectivity index (χ4n) is 7.17. The Balaban J connectivity index is 1.10. The summed E-state index contributed by atoms with van der Waals surface area (Å²) in [5, 5.41) is 8.82. The van der Waals surface area contributed by atoms with Gasteiger partial charge in [0.25, 0.3) is 0 Å². The van der Waals surface area contributed by atoms with Crippen molar-refractivity contribution >= 4 is 46.7 Å². The molecule has 0 bridgehead atoms. The quantitative estimate of drug-likeness (QED) is 0.139. The number of alkyl carbamates (subject to hydrolysis) is 1. The second kappa shape index (κ2) is 17.7. The van der Waals surface area contributed by atoms with Crippen LogP contribution in [0, 0.1) is 11.8 Å². The predicted molar refractivity (Wildman–Crippen MR) is 220 cm³/mol. The summed E-state index contributed by atoms with van der Waals surface area (Å²) in [4.78, 5) is 82.6. The summed E-state index contributed by atoms with van der Waals surface area (Å²) in [6.45, 7) is 13.6. The van der Waals surface area contributed by atoms with Crippen LogP contribution in [0.4, 0.5) is 21.2 Å². The maximum Gasteiger partial charge on any atom is 0.410 e. The van der Waals surface area contributed by atoms with Crippen molar-refractivity contribution < 1.29 is 28.7 Å². The van der Waals surface area contributed by atoms with Crippen LogP contribution in [0.15, 0.2) is 59.7 Å². The smallest absolute Gasteiger partial charge is 0.410 e. The number of rotatable bonds is 10. The third-order valence-electron chi connectivity index (χ3n) is 10.1. The number of hydrogen-bond donors (Lipinski definition) is 5. The molecule has 16 nitrogen and oxygen atoms in total. The molecule has 1 aliphatic carbocycles. The molecular weight excluding hydrogens is 743 g/mol. The number of piperazine rings is 1. The average molecular weight is 798 g/mol. The summed E-state index contributed by atoms with van der Waals surface area (Å²) in [5.41, 5.74) is 2.60. The minimum atomic E-state index is -0.909. The van der Waals surface area contributed by atoms with Gasteiger partial charge in [-0.3, -0.25) is 9.59 Å². The summed E-state index contributed by atoms with van der Waals surface area (Å²) >= 11 is 0. The first-order chi connectivity index (χ1) is 27.5. The summed E-state index contributed by atoms with van der Waals surface area (Å²) in [6.07, 6.45) is 5.71. The van der Waals surface area contributed by atoms with E-state index in [2.05, 4.69) is 35.9 Å². The second-order valence-electron chi connectivity index (χ2n) is 17.1. The van der Waals surface area contributed by atoms with Gasteiger partial charge in [-0.1, -0.05) is 24.3 Å². The number of H-pyrrole nitrogens is 2. The van der Waals surface area contributed by atoms with Crippen molar-refractivity contribution in [1.82, 2.24) is 35.5 Å². The number of hydrogen-bond acceptors (Lipinski definition) is 10. The van der Waals surface area contributed by atoms with Crippen molar-refractivity contribution in [2.75, 3.05) is 42.9 Å². The highest BCUT2D eigenvalue weighted by Crippen LogP contribution is 2.29. The van der Waals surface area contributed by atoms with Gasteiger partial charge in [-0.2, -0.15) is 0 Å². The molecular formula is C42H55N9O7. The maximum absolute atomic E-state index is 13.9. The molecule has 1 atom stereocenters. The van der Waals surface area contributed by atoms with Crippen molar-refractivity contribution in [3.05, 3.63) is 70.9 Å². The van der Waals surface area contributed by atoms with Crippen molar-refractivity contribution in [1.29, 1.82) is 0 Å². The number of carbonyl (C=O) groups is 4. The van der Waals surface area contributed by atoms with E-state index in [0.29, 0.717) is 68.2 Å². The molecule has 0 spiro atoms. The number of benzene rings is 2. The zero-order chi connectivity index (χ0) is 41.6. The number of fused-ring (bicyclic) bond motifs is 1. The summed E-state index contributed by atoms with van der Waals surface area (Å²) in [5.74, 6) is -0.0856. The molecule has 4 amide bonds. The van der Waals surface area contributed by atoms with Crippen LogP contribution in [0.25, 0.3) is 22.2 Å². The van der Waals surface area contributed by atoms with Crippen LogP contribution in [-0.2, 0) is 25.5 Å². The number of amides is 4. The molecule has 0 radical (unpaired) electrons. The Kier molecular flexibility index (Phi) is 12.7. The molecule has 58 heavy (non-hydrogen) atoms. The number of nitrogens with one attached hydrogen (secondary N) is 5. The zero-order valence-electron chi connectivity index (χ0n) is 34.1. The minimum Gasteiger partial charge on any atom is -0.444 e. The molecule has 2 aliphatic rings. The molecule has 0 unspecified atom stereocenters. The molecule has 310 valence electrons. The first-order valence-electron chi connectivity index (χ1n) is 19.9. The zero-order valence-corrected chi connectivity index (χ0v) is 34.1. The first kappa shape index (κ1) is 41.7. The molecule has 1 saturated heterocycles. The van der Waals surface area contributed by atoms with Gasteiger partial charge in [-0.25, -0.2) is 24.4 Å². The lowest BCUT2D eigenvalue weighted by atomic mass is 9.81. The third-order valence-corrected chi connectivity index (χ3v) is 10.1. The number of aromatic amines is 2. The lowest BCUT2D eigenvalue weighted by Crippen LogP contribution is -2.50. The van der Waals surface area contributed by atoms with Crippen LogP contribution < -0.4 is 26.5 Å². The molecule has 2 aromatic carbocycles. The highest BCUT2D eigenvalue weighted by molar-refractivity contribution is 5.98. The molecule has 1 aliphatic heterocycles. The van der Waals surface area contributed by atoms with E-state index in [4.69, 9.17) is 9.47 Å². The Morgan fingerprint density at radius 2 is 1.50 bits per heavy atom. The van der Waals surface area contributed by atoms with E-state index >= 15 is 0 Å². The minimum absolute atomic E-state index is 0.198. The number of nitrogens with zero attached hydrogens (tertiary/aromatic N) is 4. The van der Waals surface area contributed by atoms with Crippen molar-refractivity contribution in [3.8, 4) is 11.1 Å². The molecule has 1 saturated carbocycles. The average Bonchev–Trinajstić information content (AvgIpc) is 3.55. The number of ether oxygens (including phenoxy) is 2. The predicted octanol–water partition coefficient (Wildman–Crippen LogP) is 5.37. The Hall–Kier alpha value is -5.93. The van der Waals surface area contributed by atoms with Gasteiger partial charge in [0.15, 0.2) is 0 Å². The Morgan fingerprint density at radius 1 is 0.828 bits per heavy atom. The highest BCUT2D eigenvalue weighted by atomic mass is 16.6. The maximum atomic E-state index is 13.9. The molecule has 4 aromatic rings. The van der Waals surface area contributed by atoms with Gasteiger partial charge in [0, 0.05) is 68.7 Å². The van der Waals surface area contributed by atoms with Crippen LogP contribution in [0.1, 0.15) is 72.8 Å². The lowest BCUT2D eigenvalue weighted by molar-refractivity contribution is -0.130. The van der Waals surface area contributed by atoms with Gasteiger partial charge in [-0.05, 0) is 102 Å². The van der Waals surface area contributed by atoms with E-state index in [9.17, 15) is 24.0 Å². The fourth-order valence-corrected chi connectivity index (χ4v) is 7.17. The van der Waals surface area contributed by atoms with Crippen LogP contribution in [0.5, 0.6) is 0 Å². The summed E-state index contributed by atoms with van der Waals surface area (Å²) in [7, 11) is 0. The molecule has 3 heterocycles. The van der Waals surface area contributed by atoms with Crippen molar-refractivity contribution in [3.63, 3.8) is 0 Å². The Bertz CT molecular complexity index is 2140. The Labute approximate surface area is 337 Å². The number of aromatic nitrogens is 4. The number of carbonyl (C=O) groups excluding carboxylic acids is 4. The topological polar surface area (TPSA) is 204 Å². The van der Waals surface area contributed by atoms with E-state index in [1.807, 2.05) is 70.7 Å². The molecule has 5 N–H and O–H groups in total. The van der Waals surface area contributed by atoms with Gasteiger partial charge >= 0.3 is 17.9 Å². The number of anilines is 2. The van der Waals surface area contributed by atoms with Gasteiger partial charge in [0.2, 0.25) is 17.8 Å². The normalized spacial score (nSPS) is 18.0. The van der Waals surface area contributed by atoms with E-state index in [0.717, 1.165) is 29.5 Å². The molecule has 2 fully saturated rings. The van der Waals surface area contributed by atoms with Gasteiger partial charge in [0.05, 0.1) is 11.0 Å². The standard InChI is InChI=1S/C42H55N9O7/c1-41(2,3)57-39(55)45-23-26-10-12-28(13-11-26)35(52)47-34(36(53)46-31-14-15-32-33(22-31)49-38(54)48-32)21-27-8-7-9-29(20-27)30-24-43-37(44-25-30)50-16-18-51(19-17-50)40(56)58-42(4,5)6/h7-9,14-15,20,22,24-26,28,34H,10-13,16-19,21,23H2,1-6H3,(H,45,55)(H,46,53)(H,47,52)(H2,48,49,54)/t26?,28?,34-/m0/s1. The monoisotopic (exact) mass is 797 g/mol. The van der Waals surface area contributed by atoms with E-state index in [-0.39, 0.29) is 35.9 Å². The van der Waals surface area contributed by atoms with Crippen LogP contribution >= 0.6 is 0 Å². The first-order valence-corrected chi connectivity index (χ1v) is 19.9. The molecule has 2 aromatic heterocycles. The van der Waals surface area contributed by atoms with Crippen LogP contribution in [0.2, 0.25) is 0 Å². The van der Waals surface area contributed by atoms with E-state index < -0.39 is 29.2 Å². The third kappa shape index (κ3) is 11.6. The van der Waals surface area contributed by atoms with Crippen LogP contribution in [0.3, 0.4) is 0 Å². The molecule has 16 heteroatoms. The van der Waals surface area contributed by atoms with E-state index in [1.165, 1.54) is 0 Å². The summed E-state index contributed by atoms with van der Waals surface area (Å²) < 4.78 is 10.9. The fraction of sp³-hybridized carbons (Fsp3) is 0.500. The lowest BCUT2D eigenvalue weighted by Gasteiger charge is -2.35.